The molecule has 2 heteroatoms. The van der Waals surface area contributed by atoms with Gasteiger partial charge in [0.2, 0.25) is 0 Å². The van der Waals surface area contributed by atoms with Crippen LogP contribution in [-0.4, -0.2) is 0 Å². The maximum absolute atomic E-state index is 3.74. The molecular formula is C43H29NS. The van der Waals surface area contributed by atoms with E-state index in [-0.39, 0.29) is 0 Å². The van der Waals surface area contributed by atoms with Crippen LogP contribution in [0.4, 0.5) is 11.4 Å². The molecule has 212 valence electrons. The first-order chi connectivity index (χ1) is 22.3. The maximum Gasteiger partial charge on any atom is 0.0714 e. The van der Waals surface area contributed by atoms with E-state index in [1.807, 2.05) is 11.3 Å². The number of fused-ring (bicyclic) bond motifs is 6. The average molecular weight is 592 g/mol. The molecule has 0 fully saturated rings. The van der Waals surface area contributed by atoms with Crippen LogP contribution in [-0.2, 0) is 5.41 Å². The molecular weight excluding hydrogens is 563 g/mol. The third kappa shape index (κ3) is 4.00. The second-order valence-electron chi connectivity index (χ2n) is 11.8. The third-order valence-electron chi connectivity index (χ3n) is 9.35. The van der Waals surface area contributed by atoms with Gasteiger partial charge in [-0.05, 0) is 74.8 Å². The molecule has 0 saturated heterocycles. The number of anilines is 2. The van der Waals surface area contributed by atoms with Crippen LogP contribution >= 0.6 is 11.3 Å². The molecule has 1 aliphatic rings. The smallest absolute Gasteiger partial charge is 0.0714 e. The highest BCUT2D eigenvalue weighted by atomic mass is 32.1. The number of thiophene rings is 1. The lowest BCUT2D eigenvalue weighted by Crippen LogP contribution is -2.28. The fraction of sp³-hybridized carbons (Fsp3) is 0.0233. The molecule has 1 aromatic heterocycles. The Balaban J connectivity index is 1.13. The molecule has 1 N–H and O–H groups in total. The van der Waals surface area contributed by atoms with Gasteiger partial charge in [0, 0.05) is 31.5 Å². The van der Waals surface area contributed by atoms with Crippen LogP contribution < -0.4 is 5.32 Å². The van der Waals surface area contributed by atoms with E-state index in [0.29, 0.717) is 0 Å². The predicted octanol–water partition coefficient (Wildman–Crippen LogP) is 11.8. The number of nitrogens with one attached hydrogen (secondary N) is 1. The lowest BCUT2D eigenvalue weighted by molar-refractivity contribution is 0.769. The lowest BCUT2D eigenvalue weighted by atomic mass is 9.67. The summed E-state index contributed by atoms with van der Waals surface area (Å²) in [5.74, 6) is 0. The van der Waals surface area contributed by atoms with Gasteiger partial charge in [-0.2, -0.15) is 0 Å². The molecule has 0 radical (unpaired) electrons. The van der Waals surface area contributed by atoms with E-state index in [0.717, 1.165) is 11.4 Å². The van der Waals surface area contributed by atoms with Gasteiger partial charge < -0.3 is 5.32 Å². The van der Waals surface area contributed by atoms with Gasteiger partial charge in [-0.3, -0.25) is 0 Å². The average Bonchev–Trinajstić information content (AvgIpc) is 3.63. The monoisotopic (exact) mass is 591 g/mol. The van der Waals surface area contributed by atoms with Gasteiger partial charge in [0.15, 0.2) is 0 Å². The molecule has 1 nitrogen and oxygen atoms in total. The summed E-state index contributed by atoms with van der Waals surface area (Å²) < 4.78 is 2.68. The van der Waals surface area contributed by atoms with Crippen LogP contribution in [0.5, 0.6) is 0 Å². The summed E-state index contributed by atoms with van der Waals surface area (Å²) in [6, 6.07) is 61.9. The van der Waals surface area contributed by atoms with E-state index >= 15 is 0 Å². The van der Waals surface area contributed by atoms with E-state index < -0.39 is 5.41 Å². The molecule has 0 spiro atoms. The topological polar surface area (TPSA) is 12.0 Å². The second-order valence-corrected chi connectivity index (χ2v) is 12.8. The van der Waals surface area contributed by atoms with Gasteiger partial charge in [-0.25, -0.2) is 0 Å². The summed E-state index contributed by atoms with van der Waals surface area (Å²) in [6.45, 7) is 0. The van der Waals surface area contributed by atoms with Gasteiger partial charge in [0.25, 0.3) is 0 Å². The Bertz CT molecular complexity index is 2290. The van der Waals surface area contributed by atoms with Gasteiger partial charge in [-0.1, -0.05) is 140 Å². The molecule has 45 heavy (non-hydrogen) atoms. The minimum atomic E-state index is -0.404. The van der Waals surface area contributed by atoms with Crippen molar-refractivity contribution in [3.8, 4) is 22.3 Å². The first kappa shape index (κ1) is 26.0. The molecule has 0 unspecified atom stereocenters. The van der Waals surface area contributed by atoms with Crippen LogP contribution in [0.2, 0.25) is 0 Å². The van der Waals surface area contributed by atoms with Crippen molar-refractivity contribution in [2.45, 2.75) is 5.41 Å². The highest BCUT2D eigenvalue weighted by Crippen LogP contribution is 2.56. The van der Waals surface area contributed by atoms with Crippen LogP contribution in [0.25, 0.3) is 42.4 Å². The largest absolute Gasteiger partial charge is 0.356 e. The molecule has 7 aromatic carbocycles. The lowest BCUT2D eigenvalue weighted by Gasteiger charge is -2.34. The van der Waals surface area contributed by atoms with Crippen molar-refractivity contribution in [3.05, 3.63) is 192 Å². The molecule has 0 amide bonds. The molecule has 1 heterocycles. The van der Waals surface area contributed by atoms with Gasteiger partial charge in [0.05, 0.1) is 5.41 Å². The van der Waals surface area contributed by atoms with Gasteiger partial charge in [-0.15, -0.1) is 11.3 Å². The number of benzene rings is 7. The quantitative estimate of drug-likeness (QED) is 0.210. The van der Waals surface area contributed by atoms with Crippen molar-refractivity contribution in [1.82, 2.24) is 0 Å². The molecule has 0 bridgehead atoms. The summed E-state index contributed by atoms with van der Waals surface area (Å²) in [4.78, 5) is 0. The predicted molar refractivity (Wildman–Crippen MR) is 192 cm³/mol. The zero-order valence-corrected chi connectivity index (χ0v) is 25.4. The summed E-state index contributed by atoms with van der Waals surface area (Å²) in [7, 11) is 0. The highest BCUT2D eigenvalue weighted by Gasteiger charge is 2.46. The fourth-order valence-electron chi connectivity index (χ4n) is 7.40. The Kier molecular flexibility index (Phi) is 5.97. The maximum atomic E-state index is 3.74. The van der Waals surface area contributed by atoms with Crippen LogP contribution in [0, 0.1) is 0 Å². The van der Waals surface area contributed by atoms with E-state index in [4.69, 9.17) is 0 Å². The first-order valence-corrected chi connectivity index (χ1v) is 16.3. The summed E-state index contributed by atoms with van der Waals surface area (Å²) in [6.07, 6.45) is 0. The van der Waals surface area contributed by atoms with Crippen LogP contribution in [0.15, 0.2) is 170 Å². The van der Waals surface area contributed by atoms with Crippen LogP contribution in [0.1, 0.15) is 22.3 Å². The third-order valence-corrected chi connectivity index (χ3v) is 10.6. The normalized spacial score (nSPS) is 13.1. The van der Waals surface area contributed by atoms with Gasteiger partial charge in [0.1, 0.15) is 0 Å². The Morgan fingerprint density at radius 2 is 1.02 bits per heavy atom. The number of hydrogen-bond acceptors (Lipinski definition) is 2. The molecule has 0 aliphatic heterocycles. The van der Waals surface area contributed by atoms with E-state index in [2.05, 4.69) is 175 Å². The summed E-state index contributed by atoms with van der Waals surface area (Å²) >= 11 is 1.88. The minimum absolute atomic E-state index is 0.404. The summed E-state index contributed by atoms with van der Waals surface area (Å²) in [5, 5.41) is 6.40. The number of rotatable bonds is 5. The van der Waals surface area contributed by atoms with E-state index in [1.165, 1.54) is 64.7 Å². The Morgan fingerprint density at radius 1 is 0.422 bits per heavy atom. The van der Waals surface area contributed by atoms with E-state index in [9.17, 15) is 0 Å². The molecule has 1 aliphatic carbocycles. The van der Waals surface area contributed by atoms with E-state index in [1.54, 1.807) is 0 Å². The van der Waals surface area contributed by atoms with Crippen LogP contribution in [0.3, 0.4) is 0 Å². The fourth-order valence-corrected chi connectivity index (χ4v) is 8.63. The first-order valence-electron chi connectivity index (χ1n) is 15.4. The zero-order valence-electron chi connectivity index (χ0n) is 24.6. The highest BCUT2D eigenvalue weighted by molar-refractivity contribution is 7.26. The van der Waals surface area contributed by atoms with Crippen molar-refractivity contribution < 1.29 is 0 Å². The van der Waals surface area contributed by atoms with Crippen molar-refractivity contribution in [1.29, 1.82) is 0 Å². The Labute approximate surface area is 267 Å². The van der Waals surface area contributed by atoms with Crippen molar-refractivity contribution in [2.75, 3.05) is 5.32 Å². The van der Waals surface area contributed by atoms with Crippen molar-refractivity contribution in [2.24, 2.45) is 0 Å². The summed E-state index contributed by atoms with van der Waals surface area (Å²) in [5.41, 5.74) is 12.0. The molecule has 0 saturated carbocycles. The second kappa shape index (κ2) is 10.3. The Morgan fingerprint density at radius 3 is 1.80 bits per heavy atom. The Hall–Kier alpha value is -5.44. The van der Waals surface area contributed by atoms with Crippen molar-refractivity contribution in [3.63, 3.8) is 0 Å². The molecule has 0 atom stereocenters. The SMILES string of the molecule is c1ccc(C2(c3ccccc3)c3ccccc3-c3ccc(Nc4ccc(-c5cccc6c5sc5ccccc56)cc4)cc32)cc1. The number of hydrogen-bond donors (Lipinski definition) is 1. The minimum Gasteiger partial charge on any atom is -0.356 e. The zero-order chi connectivity index (χ0) is 29.8. The molecule has 8 aromatic rings. The standard InChI is InChI=1S/C43H29NS/c1-3-12-30(13-4-1)43(31-14-5-2-6-15-31)39-20-9-7-16-35(39)36-27-26-33(28-40(36)43)44-32-24-22-29(23-25-32)34-18-11-19-38-37-17-8-10-21-41(37)45-42(34)38/h1-28,44H. The molecule has 9 rings (SSSR count). The van der Waals surface area contributed by atoms with Crippen molar-refractivity contribution >= 4 is 42.9 Å². The van der Waals surface area contributed by atoms with Gasteiger partial charge >= 0.3 is 0 Å².